The van der Waals surface area contributed by atoms with E-state index in [-0.39, 0.29) is 24.6 Å². The van der Waals surface area contributed by atoms with Crippen molar-refractivity contribution >= 4 is 27.5 Å². The Balaban J connectivity index is 2.44. The van der Waals surface area contributed by atoms with Gasteiger partial charge in [0, 0.05) is 4.47 Å². The Hall–Kier alpha value is -1.14. The molecule has 2 N–H and O–H groups in total. The quantitative estimate of drug-likeness (QED) is 0.821. The molecule has 1 aliphatic heterocycles. The Morgan fingerprint density at radius 1 is 1.50 bits per heavy atom. The summed E-state index contributed by atoms with van der Waals surface area (Å²) >= 11 is 3.08. The van der Waals surface area contributed by atoms with Crippen LogP contribution in [0.3, 0.4) is 0 Å². The molecule has 1 heterocycles. The molecule has 16 heavy (non-hydrogen) atoms. The van der Waals surface area contributed by atoms with Crippen molar-refractivity contribution in [3.05, 3.63) is 22.4 Å². The molecule has 1 aliphatic rings. The smallest absolute Gasteiger partial charge is 0.229 e. The number of aliphatic hydroxyl groups is 1. The van der Waals surface area contributed by atoms with Gasteiger partial charge in [0.1, 0.15) is 0 Å². The first-order chi connectivity index (χ1) is 7.49. The molecule has 0 bridgehead atoms. The summed E-state index contributed by atoms with van der Waals surface area (Å²) in [6.07, 6.45) is -0.776. The van der Waals surface area contributed by atoms with Crippen LogP contribution in [-0.2, 0) is 4.79 Å². The van der Waals surface area contributed by atoms with E-state index in [1.165, 1.54) is 11.0 Å². The number of amides is 1. The molecule has 1 aromatic rings. The number of aromatic hydroxyl groups is 1. The second-order valence-electron chi connectivity index (χ2n) is 3.62. The number of phenolic OH excluding ortho intramolecular Hbond substituents is 1. The highest BCUT2D eigenvalue weighted by atomic mass is 79.9. The summed E-state index contributed by atoms with van der Waals surface area (Å²) in [5.74, 6) is -1.72. The highest BCUT2D eigenvalue weighted by Crippen LogP contribution is 2.35. The van der Waals surface area contributed by atoms with Crippen molar-refractivity contribution in [2.75, 3.05) is 11.4 Å². The van der Waals surface area contributed by atoms with E-state index in [0.717, 1.165) is 6.07 Å². The minimum Gasteiger partial charge on any atom is -0.503 e. The predicted octanol–water partition coefficient (Wildman–Crippen LogP) is 1.39. The maximum Gasteiger partial charge on any atom is 0.229 e. The second kappa shape index (κ2) is 4.03. The van der Waals surface area contributed by atoms with Crippen LogP contribution >= 0.6 is 15.9 Å². The minimum atomic E-state index is -0.807. The zero-order valence-electron chi connectivity index (χ0n) is 8.15. The molecule has 0 aliphatic carbocycles. The first-order valence-electron chi connectivity index (χ1n) is 4.65. The summed E-state index contributed by atoms with van der Waals surface area (Å²) in [6.45, 7) is 0.0717. The molecular formula is C10H9BrFNO3. The van der Waals surface area contributed by atoms with Crippen molar-refractivity contribution in [3.8, 4) is 5.75 Å². The minimum absolute atomic E-state index is 0.00638. The lowest BCUT2D eigenvalue weighted by Gasteiger charge is -2.17. The fourth-order valence-corrected chi connectivity index (χ4v) is 2.10. The Morgan fingerprint density at radius 2 is 2.19 bits per heavy atom. The van der Waals surface area contributed by atoms with E-state index in [2.05, 4.69) is 15.9 Å². The number of carbonyl (C=O) groups excluding carboxylic acids is 1. The van der Waals surface area contributed by atoms with E-state index in [0.29, 0.717) is 4.47 Å². The van der Waals surface area contributed by atoms with Gasteiger partial charge in [-0.15, -0.1) is 0 Å². The molecule has 1 amide bonds. The van der Waals surface area contributed by atoms with Gasteiger partial charge in [-0.05, 0) is 12.1 Å². The maximum atomic E-state index is 13.2. The number of β-amino-alcohol motifs (C(OH)–C–C–N with tert-alkyl or cyclic N) is 1. The van der Waals surface area contributed by atoms with Crippen LogP contribution in [0.2, 0.25) is 0 Å². The van der Waals surface area contributed by atoms with Gasteiger partial charge in [-0.25, -0.2) is 4.39 Å². The number of anilines is 1. The molecular weight excluding hydrogens is 281 g/mol. The average Bonchev–Trinajstić information content (AvgIpc) is 2.51. The van der Waals surface area contributed by atoms with Crippen LogP contribution in [-0.4, -0.2) is 28.8 Å². The standard InChI is InChI=1S/C10H9BrFNO3/c11-5-1-7(12)10(16)8(2-5)13-4-6(14)3-9(13)15/h1-2,6,14,16H,3-4H2. The summed E-state index contributed by atoms with van der Waals surface area (Å²) in [7, 11) is 0. The van der Waals surface area contributed by atoms with Crippen LogP contribution in [0.25, 0.3) is 0 Å². The molecule has 1 aromatic carbocycles. The van der Waals surface area contributed by atoms with Gasteiger partial charge < -0.3 is 15.1 Å². The number of carbonyl (C=O) groups is 1. The fourth-order valence-electron chi connectivity index (χ4n) is 1.68. The van der Waals surface area contributed by atoms with E-state index >= 15 is 0 Å². The summed E-state index contributed by atoms with van der Waals surface area (Å²) in [4.78, 5) is 12.7. The third-order valence-corrected chi connectivity index (χ3v) is 2.86. The van der Waals surface area contributed by atoms with Gasteiger partial charge in [0.15, 0.2) is 11.6 Å². The van der Waals surface area contributed by atoms with Crippen LogP contribution in [0.15, 0.2) is 16.6 Å². The van der Waals surface area contributed by atoms with E-state index in [4.69, 9.17) is 0 Å². The number of benzene rings is 1. The van der Waals surface area contributed by atoms with Gasteiger partial charge in [-0.2, -0.15) is 0 Å². The molecule has 0 saturated carbocycles. The van der Waals surface area contributed by atoms with Crippen LogP contribution in [0.1, 0.15) is 6.42 Å². The Bertz CT molecular complexity index is 452. The number of rotatable bonds is 1. The van der Waals surface area contributed by atoms with Crippen molar-refractivity contribution in [1.29, 1.82) is 0 Å². The van der Waals surface area contributed by atoms with Gasteiger partial charge in [0.05, 0.1) is 24.8 Å². The van der Waals surface area contributed by atoms with Crippen molar-refractivity contribution in [2.45, 2.75) is 12.5 Å². The molecule has 4 nitrogen and oxygen atoms in total. The number of hydrogen-bond donors (Lipinski definition) is 2. The van der Waals surface area contributed by atoms with E-state index < -0.39 is 17.7 Å². The largest absolute Gasteiger partial charge is 0.503 e. The maximum absolute atomic E-state index is 13.2. The molecule has 0 spiro atoms. The highest BCUT2D eigenvalue weighted by Gasteiger charge is 2.31. The molecule has 6 heteroatoms. The van der Waals surface area contributed by atoms with Crippen molar-refractivity contribution in [3.63, 3.8) is 0 Å². The lowest BCUT2D eigenvalue weighted by atomic mass is 10.2. The summed E-state index contributed by atoms with van der Waals surface area (Å²) in [6, 6.07) is 2.55. The van der Waals surface area contributed by atoms with Gasteiger partial charge in [0.25, 0.3) is 0 Å². The topological polar surface area (TPSA) is 60.8 Å². The van der Waals surface area contributed by atoms with Crippen molar-refractivity contribution in [1.82, 2.24) is 0 Å². The summed E-state index contributed by atoms with van der Waals surface area (Å²) in [5, 5.41) is 18.8. The molecule has 0 radical (unpaired) electrons. The molecule has 1 atom stereocenters. The van der Waals surface area contributed by atoms with Gasteiger partial charge in [0.2, 0.25) is 5.91 Å². The van der Waals surface area contributed by atoms with Crippen LogP contribution in [0, 0.1) is 5.82 Å². The average molecular weight is 290 g/mol. The SMILES string of the molecule is O=C1CC(O)CN1c1cc(Br)cc(F)c1O. The van der Waals surface area contributed by atoms with Crippen LogP contribution < -0.4 is 4.90 Å². The molecule has 1 saturated heterocycles. The fraction of sp³-hybridized carbons (Fsp3) is 0.300. The van der Waals surface area contributed by atoms with E-state index in [9.17, 15) is 19.4 Å². The Morgan fingerprint density at radius 3 is 2.75 bits per heavy atom. The third-order valence-electron chi connectivity index (χ3n) is 2.40. The van der Waals surface area contributed by atoms with Gasteiger partial charge >= 0.3 is 0 Å². The summed E-state index contributed by atoms with van der Waals surface area (Å²) < 4.78 is 13.7. The lowest BCUT2D eigenvalue weighted by Crippen LogP contribution is -2.25. The Kier molecular flexibility index (Phi) is 2.86. The second-order valence-corrected chi connectivity index (χ2v) is 4.53. The third kappa shape index (κ3) is 1.90. The predicted molar refractivity (Wildman–Crippen MR) is 58.7 cm³/mol. The molecule has 2 rings (SSSR count). The summed E-state index contributed by atoms with van der Waals surface area (Å²) in [5.41, 5.74) is 0.0772. The van der Waals surface area contributed by atoms with Crippen LogP contribution in [0.4, 0.5) is 10.1 Å². The first kappa shape index (κ1) is 11.3. The molecule has 0 aromatic heterocycles. The number of halogens is 2. The normalized spacial score (nSPS) is 20.6. The molecule has 1 unspecified atom stereocenters. The van der Waals surface area contributed by atoms with Gasteiger partial charge in [-0.1, -0.05) is 15.9 Å². The van der Waals surface area contributed by atoms with Crippen molar-refractivity contribution in [2.24, 2.45) is 0 Å². The van der Waals surface area contributed by atoms with Gasteiger partial charge in [-0.3, -0.25) is 4.79 Å². The monoisotopic (exact) mass is 289 g/mol. The highest BCUT2D eigenvalue weighted by molar-refractivity contribution is 9.10. The molecule has 86 valence electrons. The van der Waals surface area contributed by atoms with E-state index in [1.54, 1.807) is 0 Å². The lowest BCUT2D eigenvalue weighted by molar-refractivity contribution is -0.117. The number of aliphatic hydroxyl groups excluding tert-OH is 1. The first-order valence-corrected chi connectivity index (χ1v) is 5.45. The molecule has 1 fully saturated rings. The Labute approximate surface area is 99.4 Å². The van der Waals surface area contributed by atoms with Crippen LogP contribution in [0.5, 0.6) is 5.75 Å². The number of hydrogen-bond acceptors (Lipinski definition) is 3. The van der Waals surface area contributed by atoms with Crippen molar-refractivity contribution < 1.29 is 19.4 Å². The number of nitrogens with zero attached hydrogens (tertiary/aromatic N) is 1. The number of phenols is 1. The zero-order valence-corrected chi connectivity index (χ0v) is 9.74. The van der Waals surface area contributed by atoms with E-state index in [1.807, 2.05) is 0 Å². The zero-order chi connectivity index (χ0) is 11.9.